The molecule has 2 aromatic rings. The summed E-state index contributed by atoms with van der Waals surface area (Å²) >= 11 is 0. The van der Waals surface area contributed by atoms with Crippen LogP contribution in [0.3, 0.4) is 0 Å². The van der Waals surface area contributed by atoms with Crippen molar-refractivity contribution in [3.8, 4) is 11.6 Å². The Hall–Kier alpha value is -2.83. The lowest BCUT2D eigenvalue weighted by molar-refractivity contribution is -0.130. The molecule has 0 spiro atoms. The van der Waals surface area contributed by atoms with E-state index in [2.05, 4.69) is 4.98 Å². The molecule has 1 amide bonds. The number of aromatic nitrogens is 2. The van der Waals surface area contributed by atoms with Crippen molar-refractivity contribution >= 4 is 5.91 Å². The monoisotopic (exact) mass is 345 g/mol. The Kier molecular flexibility index (Phi) is 5.80. The van der Waals surface area contributed by atoms with Crippen molar-refractivity contribution in [3.63, 3.8) is 0 Å². The third-order valence-corrected chi connectivity index (χ3v) is 3.93. The third-order valence-electron chi connectivity index (χ3n) is 3.93. The van der Waals surface area contributed by atoms with Gasteiger partial charge in [-0.3, -0.25) is 9.59 Å². The van der Waals surface area contributed by atoms with Crippen molar-refractivity contribution in [1.82, 2.24) is 14.5 Å². The standard InChI is InChI=1S/C18H23N3O4/c1-12-8-15(25-11-18(23)20(3)4)10-17(22)21(12)13(2)14-6-7-19-16(9-14)24-5/h6-10,13H,11H2,1-5H3. The van der Waals surface area contributed by atoms with Crippen LogP contribution >= 0.6 is 0 Å². The summed E-state index contributed by atoms with van der Waals surface area (Å²) in [6.07, 6.45) is 1.65. The van der Waals surface area contributed by atoms with Crippen molar-refractivity contribution < 1.29 is 14.3 Å². The highest BCUT2D eigenvalue weighted by molar-refractivity contribution is 5.77. The number of rotatable bonds is 6. The molecule has 2 aromatic heterocycles. The van der Waals surface area contributed by atoms with E-state index in [1.165, 1.54) is 11.0 Å². The van der Waals surface area contributed by atoms with Crippen LogP contribution in [-0.2, 0) is 4.79 Å². The fraction of sp³-hybridized carbons (Fsp3) is 0.389. The maximum Gasteiger partial charge on any atom is 0.259 e. The first-order valence-electron chi connectivity index (χ1n) is 7.89. The lowest BCUT2D eigenvalue weighted by Crippen LogP contribution is -2.29. The summed E-state index contributed by atoms with van der Waals surface area (Å²) in [6.45, 7) is 3.66. The van der Waals surface area contributed by atoms with E-state index >= 15 is 0 Å². The maximum atomic E-state index is 12.5. The molecule has 0 aromatic carbocycles. The molecule has 1 unspecified atom stereocenters. The van der Waals surface area contributed by atoms with Crippen LogP contribution in [0.5, 0.6) is 11.6 Å². The van der Waals surface area contributed by atoms with Crippen LogP contribution < -0.4 is 15.0 Å². The summed E-state index contributed by atoms with van der Waals surface area (Å²) in [5, 5.41) is 0. The van der Waals surface area contributed by atoms with Crippen LogP contribution in [0.2, 0.25) is 0 Å². The second kappa shape index (κ2) is 7.83. The molecule has 0 bridgehead atoms. The first-order valence-corrected chi connectivity index (χ1v) is 7.89. The fourth-order valence-electron chi connectivity index (χ4n) is 2.48. The molecule has 0 saturated heterocycles. The molecule has 0 aliphatic carbocycles. The lowest BCUT2D eigenvalue weighted by atomic mass is 10.1. The highest BCUT2D eigenvalue weighted by Gasteiger charge is 2.15. The Labute approximate surface area is 146 Å². The number of amides is 1. The minimum atomic E-state index is -0.199. The summed E-state index contributed by atoms with van der Waals surface area (Å²) < 4.78 is 12.2. The van der Waals surface area contributed by atoms with Crippen molar-refractivity contribution in [2.24, 2.45) is 0 Å². The zero-order chi connectivity index (χ0) is 18.6. The second-order valence-corrected chi connectivity index (χ2v) is 5.93. The van der Waals surface area contributed by atoms with Crippen molar-refractivity contribution in [3.05, 3.63) is 52.1 Å². The lowest BCUT2D eigenvalue weighted by Gasteiger charge is -2.20. The SMILES string of the molecule is COc1cc(C(C)n2c(C)cc(OCC(=O)N(C)C)cc2=O)ccn1. The van der Waals surface area contributed by atoms with Gasteiger partial charge in [0.1, 0.15) is 5.75 Å². The molecule has 7 heteroatoms. The van der Waals surface area contributed by atoms with Crippen molar-refractivity contribution in [2.75, 3.05) is 27.8 Å². The number of aryl methyl sites for hydroxylation is 1. The Morgan fingerprint density at radius 3 is 2.64 bits per heavy atom. The van der Waals surface area contributed by atoms with Gasteiger partial charge in [-0.2, -0.15) is 0 Å². The van der Waals surface area contributed by atoms with Gasteiger partial charge in [0, 0.05) is 38.1 Å². The average Bonchev–Trinajstić information content (AvgIpc) is 2.58. The van der Waals surface area contributed by atoms with E-state index in [-0.39, 0.29) is 24.1 Å². The van der Waals surface area contributed by atoms with E-state index in [0.717, 1.165) is 11.3 Å². The molecule has 0 radical (unpaired) electrons. The van der Waals surface area contributed by atoms with E-state index in [4.69, 9.17) is 9.47 Å². The van der Waals surface area contributed by atoms with Gasteiger partial charge in [0.05, 0.1) is 13.2 Å². The van der Waals surface area contributed by atoms with Gasteiger partial charge in [-0.25, -0.2) is 4.98 Å². The molecule has 134 valence electrons. The highest BCUT2D eigenvalue weighted by Crippen LogP contribution is 2.22. The number of carbonyl (C=O) groups excluding carboxylic acids is 1. The molecule has 0 aliphatic rings. The minimum absolute atomic E-state index is 0.104. The normalized spacial score (nSPS) is 11.7. The molecule has 0 aliphatic heterocycles. The third kappa shape index (κ3) is 4.37. The number of methoxy groups -OCH3 is 1. The Bertz CT molecular complexity index is 814. The van der Waals surface area contributed by atoms with Gasteiger partial charge < -0.3 is 18.9 Å². The van der Waals surface area contributed by atoms with Crippen LogP contribution in [0.15, 0.2) is 35.3 Å². The van der Waals surface area contributed by atoms with E-state index < -0.39 is 0 Å². The van der Waals surface area contributed by atoms with Crippen LogP contribution in [0.4, 0.5) is 0 Å². The van der Waals surface area contributed by atoms with E-state index in [1.807, 2.05) is 19.9 Å². The summed E-state index contributed by atoms with van der Waals surface area (Å²) in [5.41, 5.74) is 1.45. The Balaban J connectivity index is 2.27. The number of hydrogen-bond donors (Lipinski definition) is 0. The van der Waals surface area contributed by atoms with Gasteiger partial charge in [-0.1, -0.05) is 0 Å². The number of ether oxygens (including phenoxy) is 2. The summed E-state index contributed by atoms with van der Waals surface area (Å²) in [4.78, 5) is 29.7. The van der Waals surface area contributed by atoms with Gasteiger partial charge in [0.25, 0.3) is 11.5 Å². The van der Waals surface area contributed by atoms with Gasteiger partial charge in [0.2, 0.25) is 5.88 Å². The highest BCUT2D eigenvalue weighted by atomic mass is 16.5. The number of likely N-dealkylation sites (N-methyl/N-ethyl adjacent to an activating group) is 1. The Morgan fingerprint density at radius 2 is 2.04 bits per heavy atom. The summed E-state index contributed by atoms with van der Waals surface area (Å²) in [6, 6.07) is 6.60. The quantitative estimate of drug-likeness (QED) is 0.796. The molecule has 0 fully saturated rings. The van der Waals surface area contributed by atoms with Crippen molar-refractivity contribution in [1.29, 1.82) is 0 Å². The molecule has 0 N–H and O–H groups in total. The van der Waals surface area contributed by atoms with E-state index in [1.54, 1.807) is 44.1 Å². The average molecular weight is 345 g/mol. The van der Waals surface area contributed by atoms with Crippen LogP contribution in [0.25, 0.3) is 0 Å². The number of hydrogen-bond acceptors (Lipinski definition) is 5. The van der Waals surface area contributed by atoms with Crippen LogP contribution in [0, 0.1) is 6.92 Å². The second-order valence-electron chi connectivity index (χ2n) is 5.93. The van der Waals surface area contributed by atoms with Crippen LogP contribution in [0.1, 0.15) is 24.2 Å². The minimum Gasteiger partial charge on any atom is -0.484 e. The molecule has 0 saturated carbocycles. The molecule has 2 rings (SSSR count). The number of pyridine rings is 2. The topological polar surface area (TPSA) is 73.7 Å². The summed E-state index contributed by atoms with van der Waals surface area (Å²) in [5.74, 6) is 0.713. The predicted molar refractivity (Wildman–Crippen MR) is 94.2 cm³/mol. The zero-order valence-electron chi connectivity index (χ0n) is 15.1. The first-order chi connectivity index (χ1) is 11.8. The van der Waals surface area contributed by atoms with Crippen LogP contribution in [-0.4, -0.2) is 48.2 Å². The first kappa shape index (κ1) is 18.5. The van der Waals surface area contributed by atoms with Gasteiger partial charge >= 0.3 is 0 Å². The number of nitrogens with zero attached hydrogens (tertiary/aromatic N) is 3. The molecule has 7 nitrogen and oxygen atoms in total. The van der Waals surface area contributed by atoms with E-state index in [0.29, 0.717) is 11.6 Å². The largest absolute Gasteiger partial charge is 0.484 e. The maximum absolute atomic E-state index is 12.5. The van der Waals surface area contributed by atoms with E-state index in [9.17, 15) is 9.59 Å². The van der Waals surface area contributed by atoms with Gasteiger partial charge in [0.15, 0.2) is 6.61 Å². The molecule has 2 heterocycles. The molecular weight excluding hydrogens is 322 g/mol. The molecule has 25 heavy (non-hydrogen) atoms. The van der Waals surface area contributed by atoms with Gasteiger partial charge in [-0.05, 0) is 31.5 Å². The molecule has 1 atom stereocenters. The fourth-order valence-corrected chi connectivity index (χ4v) is 2.48. The molecular formula is C18H23N3O4. The smallest absolute Gasteiger partial charge is 0.259 e. The van der Waals surface area contributed by atoms with Gasteiger partial charge in [-0.15, -0.1) is 0 Å². The summed E-state index contributed by atoms with van der Waals surface area (Å²) in [7, 11) is 4.86. The Morgan fingerprint density at radius 1 is 1.32 bits per heavy atom. The van der Waals surface area contributed by atoms with Crippen molar-refractivity contribution in [2.45, 2.75) is 19.9 Å². The zero-order valence-corrected chi connectivity index (χ0v) is 15.1. The number of carbonyl (C=O) groups is 1. The predicted octanol–water partition coefficient (Wildman–Crippen LogP) is 1.64.